The molecule has 152 valence electrons. The van der Waals surface area contributed by atoms with Gasteiger partial charge in [-0.05, 0) is 50.2 Å². The largest absolute Gasteiger partial charge is 0.396 e. The molecule has 1 aromatic heterocycles. The van der Waals surface area contributed by atoms with Gasteiger partial charge >= 0.3 is 0 Å². The molecule has 1 amide bonds. The van der Waals surface area contributed by atoms with Gasteiger partial charge < -0.3 is 21.1 Å². The third-order valence-electron chi connectivity index (χ3n) is 4.02. The van der Waals surface area contributed by atoms with Gasteiger partial charge in [-0.1, -0.05) is 19.9 Å². The number of aliphatic hydroxyl groups excluding tert-OH is 1. The van der Waals surface area contributed by atoms with E-state index in [9.17, 15) is 9.90 Å². The van der Waals surface area contributed by atoms with Crippen LogP contribution in [0.15, 0.2) is 23.3 Å². The molecule has 0 bridgehead atoms. The summed E-state index contributed by atoms with van der Waals surface area (Å²) in [5, 5.41) is 18.4. The molecule has 4 N–H and O–H groups in total. The Hall–Kier alpha value is -2.15. The maximum absolute atomic E-state index is 12.0. The number of pyridine rings is 1. The molecule has 0 radical (unpaired) electrons. The summed E-state index contributed by atoms with van der Waals surface area (Å²) in [5.41, 5.74) is 1.05. The minimum atomic E-state index is -0.0901. The molecular formula is C20H35N5O2. The topological polar surface area (TPSA) is 98.6 Å². The lowest BCUT2D eigenvalue weighted by molar-refractivity contribution is -0.116. The SMILES string of the molecule is CCNC(=NCC(CCO)CC(C)C)NCCC(=O)Nc1ccc(C)cn1. The zero-order valence-corrected chi connectivity index (χ0v) is 17.1. The second-order valence-electron chi connectivity index (χ2n) is 7.17. The molecule has 0 aromatic carbocycles. The number of anilines is 1. The molecule has 27 heavy (non-hydrogen) atoms. The third kappa shape index (κ3) is 10.6. The molecule has 7 heteroatoms. The summed E-state index contributed by atoms with van der Waals surface area (Å²) >= 11 is 0. The van der Waals surface area contributed by atoms with Gasteiger partial charge in [0.15, 0.2) is 5.96 Å². The second-order valence-corrected chi connectivity index (χ2v) is 7.17. The van der Waals surface area contributed by atoms with Gasteiger partial charge in [0.05, 0.1) is 0 Å². The Bertz CT molecular complexity index is 572. The molecule has 7 nitrogen and oxygen atoms in total. The fraction of sp³-hybridized carbons (Fsp3) is 0.650. The van der Waals surface area contributed by atoms with Gasteiger partial charge in [0.1, 0.15) is 5.82 Å². The van der Waals surface area contributed by atoms with Crippen molar-refractivity contribution in [3.63, 3.8) is 0 Å². The number of aliphatic hydroxyl groups is 1. The number of nitrogens with zero attached hydrogens (tertiary/aromatic N) is 2. The van der Waals surface area contributed by atoms with Crippen molar-refractivity contribution in [2.45, 2.75) is 47.0 Å². The van der Waals surface area contributed by atoms with E-state index in [1.165, 1.54) is 0 Å². The Morgan fingerprint density at radius 3 is 2.67 bits per heavy atom. The first-order valence-electron chi connectivity index (χ1n) is 9.80. The van der Waals surface area contributed by atoms with Crippen LogP contribution in [-0.2, 0) is 4.79 Å². The fourth-order valence-corrected chi connectivity index (χ4v) is 2.74. The maximum atomic E-state index is 12.0. The molecule has 1 aromatic rings. The third-order valence-corrected chi connectivity index (χ3v) is 4.02. The Morgan fingerprint density at radius 2 is 2.07 bits per heavy atom. The fourth-order valence-electron chi connectivity index (χ4n) is 2.74. The first-order valence-corrected chi connectivity index (χ1v) is 9.80. The van der Waals surface area contributed by atoms with Gasteiger partial charge in [-0.25, -0.2) is 4.98 Å². The Kier molecular flexibility index (Phi) is 11.1. The van der Waals surface area contributed by atoms with Crippen molar-refractivity contribution >= 4 is 17.7 Å². The predicted molar refractivity (Wildman–Crippen MR) is 111 cm³/mol. The average molecular weight is 378 g/mol. The average Bonchev–Trinajstić information content (AvgIpc) is 2.61. The highest BCUT2D eigenvalue weighted by Crippen LogP contribution is 2.15. The summed E-state index contributed by atoms with van der Waals surface area (Å²) in [6.07, 6.45) is 3.85. The predicted octanol–water partition coefficient (Wildman–Crippen LogP) is 2.32. The van der Waals surface area contributed by atoms with Crippen molar-refractivity contribution in [3.05, 3.63) is 23.9 Å². The van der Waals surface area contributed by atoms with Crippen molar-refractivity contribution in [2.24, 2.45) is 16.8 Å². The molecule has 0 fully saturated rings. The van der Waals surface area contributed by atoms with Crippen molar-refractivity contribution < 1.29 is 9.90 Å². The monoisotopic (exact) mass is 377 g/mol. The molecule has 1 atom stereocenters. The van der Waals surface area contributed by atoms with E-state index >= 15 is 0 Å². The number of amides is 1. The Labute approximate surface area is 163 Å². The van der Waals surface area contributed by atoms with Crippen molar-refractivity contribution in [2.75, 3.05) is 31.6 Å². The number of hydrogen-bond donors (Lipinski definition) is 4. The lowest BCUT2D eigenvalue weighted by atomic mass is 9.94. The molecule has 0 saturated heterocycles. The van der Waals surface area contributed by atoms with Gasteiger partial charge in [-0.15, -0.1) is 0 Å². The van der Waals surface area contributed by atoms with E-state index in [4.69, 9.17) is 0 Å². The molecule has 1 heterocycles. The minimum absolute atomic E-state index is 0.0901. The first kappa shape index (κ1) is 22.9. The van der Waals surface area contributed by atoms with Crippen molar-refractivity contribution in [1.82, 2.24) is 15.6 Å². The van der Waals surface area contributed by atoms with Crippen LogP contribution in [0.4, 0.5) is 5.82 Å². The highest BCUT2D eigenvalue weighted by Gasteiger charge is 2.11. The summed E-state index contributed by atoms with van der Waals surface area (Å²) in [6.45, 7) is 10.4. The summed E-state index contributed by atoms with van der Waals surface area (Å²) in [4.78, 5) is 20.8. The molecule has 0 aliphatic heterocycles. The minimum Gasteiger partial charge on any atom is -0.396 e. The zero-order valence-electron chi connectivity index (χ0n) is 17.1. The van der Waals surface area contributed by atoms with E-state index in [-0.39, 0.29) is 12.5 Å². The van der Waals surface area contributed by atoms with Crippen molar-refractivity contribution in [1.29, 1.82) is 0 Å². The number of nitrogens with one attached hydrogen (secondary N) is 3. The number of hydrogen-bond acceptors (Lipinski definition) is 4. The van der Waals surface area contributed by atoms with E-state index in [0.717, 1.165) is 24.9 Å². The number of aliphatic imine (C=N–C) groups is 1. The van der Waals surface area contributed by atoms with Crippen molar-refractivity contribution in [3.8, 4) is 0 Å². The summed E-state index contributed by atoms with van der Waals surface area (Å²) < 4.78 is 0. The highest BCUT2D eigenvalue weighted by atomic mass is 16.3. The van der Waals surface area contributed by atoms with E-state index < -0.39 is 0 Å². The Morgan fingerprint density at radius 1 is 1.30 bits per heavy atom. The van der Waals surface area contributed by atoms with E-state index in [2.05, 4.69) is 39.8 Å². The lowest BCUT2D eigenvalue weighted by Gasteiger charge is -2.17. The number of guanidine groups is 1. The zero-order chi connectivity index (χ0) is 20.1. The number of rotatable bonds is 11. The van der Waals surface area contributed by atoms with Crippen LogP contribution in [-0.4, -0.2) is 48.2 Å². The molecule has 0 aliphatic rings. The number of carbonyl (C=O) groups excluding carboxylic acids is 1. The normalized spacial score (nSPS) is 12.7. The second kappa shape index (κ2) is 13.1. The van der Waals surface area contributed by atoms with Crippen LogP contribution in [0.1, 0.15) is 45.6 Å². The highest BCUT2D eigenvalue weighted by molar-refractivity contribution is 5.90. The van der Waals surface area contributed by atoms with Gasteiger partial charge in [0.25, 0.3) is 0 Å². The quantitative estimate of drug-likeness (QED) is 0.350. The standard InChI is InChI=1S/C20H35N5O2/c1-5-21-20(24-14-17(9-11-26)12-15(2)3)22-10-8-19(27)25-18-7-6-16(4)13-23-18/h6-7,13,15,17,26H,5,8-12,14H2,1-4H3,(H2,21,22,24)(H,23,25,27). The number of aromatic nitrogens is 1. The summed E-state index contributed by atoms with van der Waals surface area (Å²) in [6, 6.07) is 3.71. The van der Waals surface area contributed by atoms with Crippen LogP contribution in [0.3, 0.4) is 0 Å². The molecule has 0 spiro atoms. The van der Waals surface area contributed by atoms with Crippen LogP contribution in [0.5, 0.6) is 0 Å². The lowest BCUT2D eigenvalue weighted by Crippen LogP contribution is -2.39. The van der Waals surface area contributed by atoms with Crippen LogP contribution >= 0.6 is 0 Å². The van der Waals surface area contributed by atoms with Crippen LogP contribution in [0, 0.1) is 18.8 Å². The molecule has 0 aliphatic carbocycles. The van der Waals surface area contributed by atoms with Gasteiger partial charge in [0, 0.05) is 38.9 Å². The van der Waals surface area contributed by atoms with E-state index in [0.29, 0.717) is 43.1 Å². The molecular weight excluding hydrogens is 342 g/mol. The smallest absolute Gasteiger partial charge is 0.227 e. The molecule has 0 saturated carbocycles. The Balaban J connectivity index is 2.45. The molecule has 1 unspecified atom stereocenters. The molecule has 1 rings (SSSR count). The number of carbonyl (C=O) groups is 1. The van der Waals surface area contributed by atoms with E-state index in [1.807, 2.05) is 19.9 Å². The van der Waals surface area contributed by atoms with Gasteiger partial charge in [-0.3, -0.25) is 9.79 Å². The van der Waals surface area contributed by atoms with Crippen LogP contribution in [0.25, 0.3) is 0 Å². The summed E-state index contributed by atoms with van der Waals surface area (Å²) in [5.74, 6) is 2.11. The van der Waals surface area contributed by atoms with Crippen LogP contribution < -0.4 is 16.0 Å². The van der Waals surface area contributed by atoms with Gasteiger partial charge in [-0.2, -0.15) is 0 Å². The number of aryl methyl sites for hydroxylation is 1. The first-order chi connectivity index (χ1) is 12.9. The summed E-state index contributed by atoms with van der Waals surface area (Å²) in [7, 11) is 0. The maximum Gasteiger partial charge on any atom is 0.227 e. The van der Waals surface area contributed by atoms with E-state index in [1.54, 1.807) is 12.3 Å². The van der Waals surface area contributed by atoms with Crippen LogP contribution in [0.2, 0.25) is 0 Å². The van der Waals surface area contributed by atoms with Gasteiger partial charge in [0.2, 0.25) is 5.91 Å².